The van der Waals surface area contributed by atoms with E-state index in [1.807, 2.05) is 40.0 Å². The average Bonchev–Trinajstić information content (AvgIpc) is 3.30. The summed E-state index contributed by atoms with van der Waals surface area (Å²) < 4.78 is 1.86. The minimum atomic E-state index is 0. The van der Waals surface area contributed by atoms with Gasteiger partial charge in [-0.15, -0.1) is 12.4 Å². The lowest BCUT2D eigenvalue weighted by Gasteiger charge is -2.15. The first-order valence-electron chi connectivity index (χ1n) is 9.74. The molecule has 2 N–H and O–H groups in total. The lowest BCUT2D eigenvalue weighted by atomic mass is 10.1. The fourth-order valence-electron chi connectivity index (χ4n) is 3.61. The molecule has 6 heteroatoms. The third-order valence-corrected chi connectivity index (χ3v) is 5.29. The van der Waals surface area contributed by atoms with Gasteiger partial charge < -0.3 is 10.6 Å². The summed E-state index contributed by atoms with van der Waals surface area (Å²) in [7, 11) is 0. The predicted octanol–water partition coefficient (Wildman–Crippen LogP) is 3.81. The molecule has 2 heterocycles. The second-order valence-corrected chi connectivity index (χ2v) is 7.74. The van der Waals surface area contributed by atoms with Crippen molar-refractivity contribution >= 4 is 18.3 Å². The molecular weight excluding hydrogens is 384 g/mol. The number of aryl methyl sites for hydroxylation is 2. The minimum absolute atomic E-state index is 0. The third kappa shape index (κ3) is 4.69. The number of carbonyl (C=O) groups excluding carboxylic acids is 1. The topological polar surface area (TPSA) is 64.2 Å². The first-order valence-corrected chi connectivity index (χ1v) is 9.74. The van der Waals surface area contributed by atoms with Gasteiger partial charge in [0.25, 0.3) is 5.91 Å². The van der Waals surface area contributed by atoms with Crippen LogP contribution in [0, 0.1) is 13.8 Å². The zero-order chi connectivity index (χ0) is 19.7. The Balaban J connectivity index is 0.00000240. The summed E-state index contributed by atoms with van der Waals surface area (Å²) in [4.78, 5) is 15.0. The van der Waals surface area contributed by atoms with Gasteiger partial charge in [-0.3, -0.25) is 9.48 Å². The highest BCUT2D eigenvalue weighted by Gasteiger charge is 2.28. The maximum Gasteiger partial charge on any atom is 0.257 e. The first-order chi connectivity index (χ1) is 13.5. The molecule has 0 radical (unpaired) electrons. The number of nitrogens with two attached hydrogens (primary N) is 1. The fourth-order valence-corrected chi connectivity index (χ4v) is 3.61. The van der Waals surface area contributed by atoms with Crippen molar-refractivity contribution in [2.75, 3.05) is 13.1 Å². The van der Waals surface area contributed by atoms with E-state index in [0.717, 1.165) is 23.2 Å². The van der Waals surface area contributed by atoms with E-state index in [1.54, 1.807) is 0 Å². The molecule has 29 heavy (non-hydrogen) atoms. The molecule has 1 amide bonds. The molecule has 0 unspecified atom stereocenters. The molecule has 1 atom stereocenters. The summed E-state index contributed by atoms with van der Waals surface area (Å²) in [6.07, 6.45) is 2.73. The number of aromatic nitrogens is 2. The van der Waals surface area contributed by atoms with E-state index in [-0.39, 0.29) is 24.4 Å². The number of hydrogen-bond donors (Lipinski definition) is 1. The van der Waals surface area contributed by atoms with Crippen molar-refractivity contribution in [1.82, 2.24) is 14.7 Å². The molecular formula is C23H27ClN4O. The first kappa shape index (κ1) is 21.1. The molecule has 1 aliphatic heterocycles. The highest BCUT2D eigenvalue weighted by atomic mass is 35.5. The van der Waals surface area contributed by atoms with E-state index in [4.69, 9.17) is 10.8 Å². The van der Waals surface area contributed by atoms with Gasteiger partial charge in [0.05, 0.1) is 12.1 Å². The lowest BCUT2D eigenvalue weighted by molar-refractivity contribution is 0.0791. The Morgan fingerprint density at radius 1 is 1.07 bits per heavy atom. The predicted molar refractivity (Wildman–Crippen MR) is 118 cm³/mol. The summed E-state index contributed by atoms with van der Waals surface area (Å²) in [5.74, 6) is 0.0127. The van der Waals surface area contributed by atoms with Gasteiger partial charge in [-0.05, 0) is 25.8 Å². The van der Waals surface area contributed by atoms with Crippen LogP contribution in [-0.4, -0.2) is 39.7 Å². The average molecular weight is 411 g/mol. The van der Waals surface area contributed by atoms with E-state index in [9.17, 15) is 4.79 Å². The number of hydrogen-bond acceptors (Lipinski definition) is 3. The van der Waals surface area contributed by atoms with E-state index in [2.05, 4.69) is 38.1 Å². The molecule has 0 aliphatic carbocycles. The van der Waals surface area contributed by atoms with Gasteiger partial charge in [0.2, 0.25) is 0 Å². The third-order valence-electron chi connectivity index (χ3n) is 5.29. The van der Waals surface area contributed by atoms with Crippen LogP contribution in [-0.2, 0) is 6.54 Å². The van der Waals surface area contributed by atoms with Crippen molar-refractivity contribution in [3.8, 4) is 11.3 Å². The molecule has 1 fully saturated rings. The van der Waals surface area contributed by atoms with Gasteiger partial charge in [0.1, 0.15) is 5.69 Å². The second kappa shape index (κ2) is 8.80. The molecule has 0 spiro atoms. The summed E-state index contributed by atoms with van der Waals surface area (Å²) in [6.45, 7) is 6.07. The number of amides is 1. The van der Waals surface area contributed by atoms with E-state index >= 15 is 0 Å². The minimum Gasteiger partial charge on any atom is -0.337 e. The lowest BCUT2D eigenvalue weighted by Crippen LogP contribution is -2.32. The van der Waals surface area contributed by atoms with Crippen LogP contribution in [0.4, 0.5) is 0 Å². The molecule has 152 valence electrons. The normalized spacial score (nSPS) is 16.0. The fraction of sp³-hybridized carbons (Fsp3) is 0.304. The van der Waals surface area contributed by atoms with Crippen LogP contribution in [0.3, 0.4) is 0 Å². The maximum absolute atomic E-state index is 13.2. The number of nitrogens with zero attached hydrogens (tertiary/aromatic N) is 3. The molecule has 5 nitrogen and oxygen atoms in total. The van der Waals surface area contributed by atoms with Crippen LogP contribution in [0.2, 0.25) is 0 Å². The highest BCUT2D eigenvalue weighted by molar-refractivity contribution is 6.00. The Bertz CT molecular complexity index is 979. The Kier molecular flexibility index (Phi) is 6.40. The van der Waals surface area contributed by atoms with Crippen molar-refractivity contribution in [2.24, 2.45) is 5.73 Å². The number of rotatable bonds is 4. The van der Waals surface area contributed by atoms with Crippen molar-refractivity contribution in [2.45, 2.75) is 32.9 Å². The number of carbonyl (C=O) groups is 1. The Morgan fingerprint density at radius 3 is 2.28 bits per heavy atom. The number of benzene rings is 2. The molecule has 1 saturated heterocycles. The smallest absolute Gasteiger partial charge is 0.257 e. The standard InChI is InChI=1S/C23H26N4O.ClH/c1-16-3-7-18(8-4-16)13-27-15-21(23(28)26-12-11-20(24)14-26)22(25-27)19-9-5-17(2)6-10-19;/h3-10,15,20H,11-14,24H2,1-2H3;1H/t20-;/m1./s1. The van der Waals surface area contributed by atoms with Crippen LogP contribution in [0.25, 0.3) is 11.3 Å². The number of halogens is 1. The van der Waals surface area contributed by atoms with Crippen molar-refractivity contribution in [3.63, 3.8) is 0 Å². The molecule has 2 aromatic carbocycles. The monoisotopic (exact) mass is 410 g/mol. The Hall–Kier alpha value is -2.63. The summed E-state index contributed by atoms with van der Waals surface area (Å²) in [5.41, 5.74) is 11.9. The quantitative estimate of drug-likeness (QED) is 0.711. The Morgan fingerprint density at radius 2 is 1.69 bits per heavy atom. The van der Waals surface area contributed by atoms with Crippen LogP contribution in [0.1, 0.15) is 33.5 Å². The molecule has 0 saturated carbocycles. The molecule has 0 bridgehead atoms. The SMILES string of the molecule is Cc1ccc(Cn2cc(C(=O)N3CC[C@@H](N)C3)c(-c3ccc(C)cc3)n2)cc1.Cl. The molecule has 4 rings (SSSR count). The summed E-state index contributed by atoms with van der Waals surface area (Å²) in [6, 6.07) is 16.6. The molecule has 1 aliphatic rings. The van der Waals surface area contributed by atoms with Gasteiger partial charge in [0, 0.05) is 30.9 Å². The van der Waals surface area contributed by atoms with E-state index < -0.39 is 0 Å². The maximum atomic E-state index is 13.2. The highest BCUT2D eigenvalue weighted by Crippen LogP contribution is 2.25. The largest absolute Gasteiger partial charge is 0.337 e. The second-order valence-electron chi connectivity index (χ2n) is 7.74. The summed E-state index contributed by atoms with van der Waals surface area (Å²) >= 11 is 0. The zero-order valence-electron chi connectivity index (χ0n) is 16.8. The zero-order valence-corrected chi connectivity index (χ0v) is 17.7. The van der Waals surface area contributed by atoms with Crippen molar-refractivity contribution in [3.05, 3.63) is 77.0 Å². The van der Waals surface area contributed by atoms with Gasteiger partial charge in [-0.25, -0.2) is 0 Å². The van der Waals surface area contributed by atoms with Gasteiger partial charge >= 0.3 is 0 Å². The summed E-state index contributed by atoms with van der Waals surface area (Å²) in [5, 5.41) is 4.78. The number of likely N-dealkylation sites (tertiary alicyclic amines) is 1. The van der Waals surface area contributed by atoms with Crippen LogP contribution in [0.15, 0.2) is 54.7 Å². The van der Waals surface area contributed by atoms with Crippen molar-refractivity contribution < 1.29 is 4.79 Å². The molecule has 1 aromatic heterocycles. The van der Waals surface area contributed by atoms with Crippen molar-refractivity contribution in [1.29, 1.82) is 0 Å². The van der Waals surface area contributed by atoms with E-state index in [0.29, 0.717) is 25.2 Å². The molecule has 3 aromatic rings. The van der Waals surface area contributed by atoms with Crippen LogP contribution in [0.5, 0.6) is 0 Å². The van der Waals surface area contributed by atoms with Gasteiger partial charge in [-0.2, -0.15) is 5.10 Å². The van der Waals surface area contributed by atoms with Crippen LogP contribution >= 0.6 is 12.4 Å². The van der Waals surface area contributed by atoms with E-state index in [1.165, 1.54) is 11.1 Å². The van der Waals surface area contributed by atoms with Gasteiger partial charge in [0.15, 0.2) is 0 Å². The Labute approximate surface area is 177 Å². The van der Waals surface area contributed by atoms with Gasteiger partial charge in [-0.1, -0.05) is 59.7 Å². The van der Waals surface area contributed by atoms with Crippen LogP contribution < -0.4 is 5.73 Å².